The number of azide groups is 1. The van der Waals surface area contributed by atoms with Crippen LogP contribution in [0.3, 0.4) is 0 Å². The van der Waals surface area contributed by atoms with Gasteiger partial charge in [-0.15, -0.1) is 0 Å². The lowest BCUT2D eigenvalue weighted by Gasteiger charge is -2.09. The van der Waals surface area contributed by atoms with E-state index in [4.69, 9.17) is 11.3 Å². The van der Waals surface area contributed by atoms with E-state index < -0.39 is 0 Å². The molecule has 0 aliphatic rings. The molecule has 0 saturated carbocycles. The third-order valence-electron chi connectivity index (χ3n) is 2.20. The van der Waals surface area contributed by atoms with Crippen LogP contribution >= 0.6 is 0 Å². The highest BCUT2D eigenvalue weighted by atomic mass is 15.1. The molecule has 1 aromatic rings. The molecule has 0 fully saturated rings. The molecule has 2 N–H and O–H groups in total. The number of benzene rings is 1. The van der Waals surface area contributed by atoms with Crippen LogP contribution in [0, 0.1) is 20.8 Å². The van der Waals surface area contributed by atoms with Crippen molar-refractivity contribution in [3.05, 3.63) is 33.2 Å². The lowest BCUT2D eigenvalue weighted by Crippen LogP contribution is -1.94. The molecule has 0 atom stereocenters. The normalized spacial score (nSPS) is 9.46. The minimum Gasteiger partial charge on any atom is -0.398 e. The minimum absolute atomic E-state index is 0.556. The standard InChI is InChI=1S/C9H12N4/c1-5-4-6(2)8(10)9(7(5)3)12-13-11/h4H,10H2,1-3H3. The van der Waals surface area contributed by atoms with Crippen LogP contribution in [0.1, 0.15) is 16.7 Å². The minimum atomic E-state index is 0.556. The van der Waals surface area contributed by atoms with Gasteiger partial charge in [-0.3, -0.25) is 0 Å². The van der Waals surface area contributed by atoms with Crippen molar-refractivity contribution in [1.29, 1.82) is 0 Å². The number of hydrogen-bond donors (Lipinski definition) is 1. The number of rotatable bonds is 1. The fourth-order valence-electron chi connectivity index (χ4n) is 1.26. The summed E-state index contributed by atoms with van der Waals surface area (Å²) in [5, 5.41) is 3.58. The van der Waals surface area contributed by atoms with Crippen LogP contribution in [0.2, 0.25) is 0 Å². The van der Waals surface area contributed by atoms with Crippen LogP contribution in [0.4, 0.5) is 11.4 Å². The van der Waals surface area contributed by atoms with Crippen molar-refractivity contribution in [2.45, 2.75) is 20.8 Å². The maximum atomic E-state index is 8.35. The monoisotopic (exact) mass is 176 g/mol. The highest BCUT2D eigenvalue weighted by molar-refractivity contribution is 5.71. The second kappa shape index (κ2) is 3.37. The lowest BCUT2D eigenvalue weighted by atomic mass is 10.0. The van der Waals surface area contributed by atoms with Crippen molar-refractivity contribution in [3.63, 3.8) is 0 Å². The molecule has 13 heavy (non-hydrogen) atoms. The molecule has 4 heteroatoms. The molecule has 0 aliphatic heterocycles. The molecule has 1 aromatic carbocycles. The summed E-state index contributed by atoms with van der Waals surface area (Å²) < 4.78 is 0. The molecular formula is C9H12N4. The molecule has 1 rings (SSSR count). The van der Waals surface area contributed by atoms with Crippen molar-refractivity contribution in [2.24, 2.45) is 5.11 Å². The van der Waals surface area contributed by atoms with Crippen molar-refractivity contribution in [3.8, 4) is 0 Å². The second-order valence-electron chi connectivity index (χ2n) is 3.09. The Balaban J connectivity index is 3.55. The first-order chi connectivity index (χ1) is 6.07. The zero-order valence-corrected chi connectivity index (χ0v) is 8.00. The quantitative estimate of drug-likeness (QED) is 0.303. The van der Waals surface area contributed by atoms with E-state index in [0.717, 1.165) is 16.7 Å². The second-order valence-corrected chi connectivity index (χ2v) is 3.09. The van der Waals surface area contributed by atoms with Gasteiger partial charge in [0.05, 0.1) is 5.69 Å². The van der Waals surface area contributed by atoms with Gasteiger partial charge >= 0.3 is 0 Å². The topological polar surface area (TPSA) is 74.8 Å². The highest BCUT2D eigenvalue weighted by Gasteiger charge is 2.06. The number of aryl methyl sites for hydroxylation is 2. The zero-order chi connectivity index (χ0) is 10.0. The van der Waals surface area contributed by atoms with Gasteiger partial charge in [-0.1, -0.05) is 11.2 Å². The Labute approximate surface area is 77.0 Å². The predicted molar refractivity (Wildman–Crippen MR) is 53.9 cm³/mol. The molecule has 0 radical (unpaired) electrons. The molecule has 0 aromatic heterocycles. The summed E-state index contributed by atoms with van der Waals surface area (Å²) in [5.74, 6) is 0. The number of anilines is 1. The molecule has 0 spiro atoms. The number of nitrogens with zero attached hydrogens (tertiary/aromatic N) is 3. The highest BCUT2D eigenvalue weighted by Crippen LogP contribution is 2.31. The first kappa shape index (κ1) is 9.42. The molecule has 0 bridgehead atoms. The van der Waals surface area contributed by atoms with Crippen molar-refractivity contribution in [2.75, 3.05) is 5.73 Å². The molecular weight excluding hydrogens is 164 g/mol. The average molecular weight is 176 g/mol. The maximum absolute atomic E-state index is 8.35. The largest absolute Gasteiger partial charge is 0.398 e. The van der Waals surface area contributed by atoms with Crippen molar-refractivity contribution < 1.29 is 0 Å². The molecule has 4 nitrogen and oxygen atoms in total. The third kappa shape index (κ3) is 1.58. The van der Waals surface area contributed by atoms with Gasteiger partial charge in [0, 0.05) is 10.6 Å². The van der Waals surface area contributed by atoms with Gasteiger partial charge in [0.15, 0.2) is 0 Å². The first-order valence-corrected chi connectivity index (χ1v) is 3.99. The Kier molecular flexibility index (Phi) is 2.44. The van der Waals surface area contributed by atoms with Gasteiger partial charge in [-0.25, -0.2) is 0 Å². The molecule has 0 amide bonds. The fourth-order valence-corrected chi connectivity index (χ4v) is 1.26. The molecule has 0 aliphatic carbocycles. The number of hydrogen-bond acceptors (Lipinski definition) is 2. The van der Waals surface area contributed by atoms with Gasteiger partial charge in [0.2, 0.25) is 0 Å². The summed E-state index contributed by atoms with van der Waals surface area (Å²) >= 11 is 0. The van der Waals surface area contributed by atoms with E-state index in [1.54, 1.807) is 0 Å². The molecule has 0 saturated heterocycles. The van der Waals surface area contributed by atoms with Gasteiger partial charge < -0.3 is 5.73 Å². The maximum Gasteiger partial charge on any atom is 0.0639 e. The van der Waals surface area contributed by atoms with E-state index in [0.29, 0.717) is 11.4 Å². The summed E-state index contributed by atoms with van der Waals surface area (Å²) in [6.07, 6.45) is 0. The van der Waals surface area contributed by atoms with E-state index >= 15 is 0 Å². The van der Waals surface area contributed by atoms with Crippen LogP contribution in [0.5, 0.6) is 0 Å². The van der Waals surface area contributed by atoms with Crippen molar-refractivity contribution >= 4 is 11.4 Å². The zero-order valence-electron chi connectivity index (χ0n) is 8.00. The van der Waals surface area contributed by atoms with E-state index in [1.165, 1.54) is 0 Å². The van der Waals surface area contributed by atoms with Crippen LogP contribution in [-0.2, 0) is 0 Å². The molecule has 68 valence electrons. The van der Waals surface area contributed by atoms with E-state index in [2.05, 4.69) is 10.0 Å². The van der Waals surface area contributed by atoms with E-state index in [9.17, 15) is 0 Å². The number of nitrogen functional groups attached to an aromatic ring is 1. The van der Waals surface area contributed by atoms with Crippen LogP contribution in [0.25, 0.3) is 10.4 Å². The Morgan fingerprint density at radius 3 is 2.46 bits per heavy atom. The van der Waals surface area contributed by atoms with Gasteiger partial charge in [-0.2, -0.15) is 0 Å². The third-order valence-corrected chi connectivity index (χ3v) is 2.20. The summed E-state index contributed by atoms with van der Waals surface area (Å²) in [6, 6.07) is 1.99. The Hall–Kier alpha value is -1.67. The predicted octanol–water partition coefficient (Wildman–Crippen LogP) is 3.14. The number of nitrogens with two attached hydrogens (primary N) is 1. The van der Waals surface area contributed by atoms with Gasteiger partial charge in [-0.05, 0) is 43.0 Å². The Morgan fingerprint density at radius 2 is 1.92 bits per heavy atom. The van der Waals surface area contributed by atoms with Crippen LogP contribution in [-0.4, -0.2) is 0 Å². The fraction of sp³-hybridized carbons (Fsp3) is 0.333. The summed E-state index contributed by atoms with van der Waals surface area (Å²) in [4.78, 5) is 2.75. The smallest absolute Gasteiger partial charge is 0.0639 e. The molecule has 0 heterocycles. The van der Waals surface area contributed by atoms with Crippen LogP contribution < -0.4 is 5.73 Å². The van der Waals surface area contributed by atoms with Gasteiger partial charge in [0.25, 0.3) is 0 Å². The Morgan fingerprint density at radius 1 is 1.31 bits per heavy atom. The molecule has 0 unspecified atom stereocenters. The summed E-state index contributed by atoms with van der Waals surface area (Å²) in [5.41, 5.74) is 18.2. The van der Waals surface area contributed by atoms with E-state index in [-0.39, 0.29) is 0 Å². The lowest BCUT2D eigenvalue weighted by molar-refractivity contribution is 1.27. The first-order valence-electron chi connectivity index (χ1n) is 3.99. The SMILES string of the molecule is Cc1cc(C)c(N)c(N=[N+]=[N-])c1C. The summed E-state index contributed by atoms with van der Waals surface area (Å²) in [6.45, 7) is 5.77. The Bertz CT molecular complexity index is 363. The van der Waals surface area contributed by atoms with E-state index in [1.807, 2.05) is 26.8 Å². The van der Waals surface area contributed by atoms with Gasteiger partial charge in [0.1, 0.15) is 0 Å². The van der Waals surface area contributed by atoms with Crippen LogP contribution in [0.15, 0.2) is 11.2 Å². The van der Waals surface area contributed by atoms with Crippen molar-refractivity contribution in [1.82, 2.24) is 0 Å². The average Bonchev–Trinajstić information content (AvgIpc) is 2.09. The summed E-state index contributed by atoms with van der Waals surface area (Å²) in [7, 11) is 0.